The Balaban J connectivity index is 1.22. The Morgan fingerprint density at radius 3 is 2.55 bits per heavy atom. The van der Waals surface area contributed by atoms with Crippen molar-refractivity contribution in [3.63, 3.8) is 0 Å². The van der Waals surface area contributed by atoms with E-state index in [0.717, 1.165) is 44.3 Å². The van der Waals surface area contributed by atoms with Gasteiger partial charge in [0.15, 0.2) is 0 Å². The third kappa shape index (κ3) is 4.54. The number of aromatic nitrogens is 3. The van der Waals surface area contributed by atoms with E-state index in [4.69, 9.17) is 4.74 Å². The first-order chi connectivity index (χ1) is 15.3. The molecule has 1 N–H and O–H groups in total. The van der Waals surface area contributed by atoms with Crippen molar-refractivity contribution in [1.82, 2.24) is 15.0 Å². The van der Waals surface area contributed by atoms with Crippen LogP contribution in [0.2, 0.25) is 0 Å². The number of nitrogens with zero attached hydrogens (tertiary/aromatic N) is 3. The van der Waals surface area contributed by atoms with Crippen LogP contribution in [0.3, 0.4) is 0 Å². The molecule has 0 saturated carbocycles. The van der Waals surface area contributed by atoms with Crippen molar-refractivity contribution in [2.24, 2.45) is 0 Å². The van der Waals surface area contributed by atoms with Crippen molar-refractivity contribution in [1.29, 1.82) is 0 Å². The molecule has 0 bridgehead atoms. The van der Waals surface area contributed by atoms with E-state index < -0.39 is 0 Å². The molecule has 0 unspecified atom stereocenters. The molecule has 0 fully saturated rings. The minimum absolute atomic E-state index is 0.548. The Labute approximate surface area is 184 Å². The van der Waals surface area contributed by atoms with E-state index in [9.17, 15) is 0 Å². The van der Waals surface area contributed by atoms with Crippen LogP contribution in [0.5, 0.6) is 11.5 Å². The molecule has 2 aromatic heterocycles. The Hall–Kier alpha value is -3.77. The Morgan fingerprint density at radius 2 is 1.71 bits per heavy atom. The van der Waals surface area contributed by atoms with Crippen molar-refractivity contribution < 1.29 is 4.74 Å². The zero-order valence-corrected chi connectivity index (χ0v) is 17.5. The third-order valence-corrected chi connectivity index (χ3v) is 5.81. The zero-order chi connectivity index (χ0) is 20.9. The van der Waals surface area contributed by atoms with Crippen LogP contribution in [-0.2, 0) is 6.42 Å². The average Bonchev–Trinajstić information content (AvgIpc) is 3.26. The first-order valence-corrected chi connectivity index (χ1v) is 10.8. The van der Waals surface area contributed by atoms with Crippen molar-refractivity contribution in [2.45, 2.75) is 6.42 Å². The summed E-state index contributed by atoms with van der Waals surface area (Å²) in [4.78, 5) is 13.4. The molecule has 0 atom stereocenters. The molecule has 3 aromatic carbocycles. The maximum atomic E-state index is 6.03. The van der Waals surface area contributed by atoms with Crippen molar-refractivity contribution >= 4 is 27.5 Å². The smallest absolute Gasteiger partial charge is 0.223 e. The van der Waals surface area contributed by atoms with Gasteiger partial charge in [0.1, 0.15) is 22.7 Å². The van der Waals surface area contributed by atoms with Crippen molar-refractivity contribution in [3.8, 4) is 22.1 Å². The molecular weight excluding hydrogens is 404 g/mol. The number of nitrogens with one attached hydrogen (secondary N) is 1. The molecule has 5 aromatic rings. The molecule has 151 valence electrons. The summed E-state index contributed by atoms with van der Waals surface area (Å²) in [5.41, 5.74) is 2.90. The first kappa shape index (κ1) is 19.2. The summed E-state index contributed by atoms with van der Waals surface area (Å²) < 4.78 is 7.17. The maximum absolute atomic E-state index is 6.03. The van der Waals surface area contributed by atoms with Crippen LogP contribution in [0.1, 0.15) is 5.56 Å². The lowest BCUT2D eigenvalue weighted by atomic mass is 10.1. The molecule has 0 aliphatic heterocycles. The van der Waals surface area contributed by atoms with Gasteiger partial charge in [-0.05, 0) is 42.3 Å². The Morgan fingerprint density at radius 1 is 0.903 bits per heavy atom. The van der Waals surface area contributed by atoms with Crippen LogP contribution in [0.4, 0.5) is 5.95 Å². The summed E-state index contributed by atoms with van der Waals surface area (Å²) in [6.07, 6.45) is 5.60. The van der Waals surface area contributed by atoms with Gasteiger partial charge in [0.25, 0.3) is 0 Å². The largest absolute Gasteiger partial charge is 0.457 e. The summed E-state index contributed by atoms with van der Waals surface area (Å²) in [7, 11) is 0. The van der Waals surface area contributed by atoms with Gasteiger partial charge >= 0.3 is 0 Å². The minimum atomic E-state index is 0.548. The lowest BCUT2D eigenvalue weighted by Gasteiger charge is -2.11. The van der Waals surface area contributed by atoms with Gasteiger partial charge in [0.2, 0.25) is 5.95 Å². The second kappa shape index (κ2) is 8.93. The molecule has 6 heteroatoms. The lowest BCUT2D eigenvalue weighted by molar-refractivity contribution is 0.476. The normalized spacial score (nSPS) is 10.8. The van der Waals surface area contributed by atoms with E-state index in [2.05, 4.69) is 38.6 Å². The average molecular weight is 424 g/mol. The SMILES string of the molecule is [c]1nc(NCCc2ccccc2Oc2ccccc2)ncc1-c1nc2ccccc2s1. The van der Waals surface area contributed by atoms with Crippen LogP contribution >= 0.6 is 11.3 Å². The van der Waals surface area contributed by atoms with Gasteiger partial charge in [-0.15, -0.1) is 11.3 Å². The van der Waals surface area contributed by atoms with Gasteiger partial charge in [-0.1, -0.05) is 48.5 Å². The van der Waals surface area contributed by atoms with E-state index in [1.54, 1.807) is 17.5 Å². The van der Waals surface area contributed by atoms with Gasteiger partial charge in [-0.3, -0.25) is 0 Å². The minimum Gasteiger partial charge on any atom is -0.457 e. The Bertz CT molecular complexity index is 1250. The van der Waals surface area contributed by atoms with E-state index in [1.165, 1.54) is 0 Å². The van der Waals surface area contributed by atoms with Crippen LogP contribution in [0, 0.1) is 6.20 Å². The van der Waals surface area contributed by atoms with E-state index in [-0.39, 0.29) is 0 Å². The highest BCUT2D eigenvalue weighted by Crippen LogP contribution is 2.29. The summed E-state index contributed by atoms with van der Waals surface area (Å²) in [6.45, 7) is 0.684. The predicted molar refractivity (Wildman–Crippen MR) is 125 cm³/mol. The molecule has 0 aliphatic carbocycles. The van der Waals surface area contributed by atoms with E-state index in [0.29, 0.717) is 12.5 Å². The fourth-order valence-electron chi connectivity index (χ4n) is 3.21. The number of thiazole rings is 1. The zero-order valence-electron chi connectivity index (χ0n) is 16.7. The van der Waals surface area contributed by atoms with E-state index in [1.807, 2.05) is 66.7 Å². The molecule has 31 heavy (non-hydrogen) atoms. The monoisotopic (exact) mass is 423 g/mol. The van der Waals surface area contributed by atoms with Crippen LogP contribution in [-0.4, -0.2) is 21.5 Å². The number of rotatable bonds is 7. The molecule has 0 aliphatic rings. The van der Waals surface area contributed by atoms with Gasteiger partial charge in [0.05, 0.1) is 15.8 Å². The van der Waals surface area contributed by atoms with Gasteiger partial charge in [-0.25, -0.2) is 15.0 Å². The van der Waals surface area contributed by atoms with Crippen molar-refractivity contribution in [3.05, 3.63) is 96.8 Å². The molecular formula is C25H19N4OS. The number of benzene rings is 3. The molecule has 5 rings (SSSR count). The van der Waals surface area contributed by atoms with Crippen molar-refractivity contribution in [2.75, 3.05) is 11.9 Å². The highest BCUT2D eigenvalue weighted by Gasteiger charge is 2.08. The number of para-hydroxylation sites is 3. The molecule has 0 saturated heterocycles. The lowest BCUT2D eigenvalue weighted by Crippen LogP contribution is -2.08. The standard InChI is InChI=1S/C25H19N4OS/c1-2-9-20(10-3-1)30-22-12-6-4-8-18(22)14-15-26-25-27-16-19(17-28-25)24-29-21-11-5-7-13-23(21)31-24/h1-13,16H,14-15H2,(H,26,27,28). The number of fused-ring (bicyclic) bond motifs is 1. The maximum Gasteiger partial charge on any atom is 0.223 e. The number of hydrogen-bond acceptors (Lipinski definition) is 6. The quantitative estimate of drug-likeness (QED) is 0.348. The molecule has 0 amide bonds. The fraction of sp³-hybridized carbons (Fsp3) is 0.0800. The first-order valence-electron chi connectivity index (χ1n) is 10.0. The highest BCUT2D eigenvalue weighted by atomic mass is 32.1. The topological polar surface area (TPSA) is 59.9 Å². The number of anilines is 1. The number of hydrogen-bond donors (Lipinski definition) is 1. The summed E-state index contributed by atoms with van der Waals surface area (Å²) >= 11 is 1.62. The number of ether oxygens (including phenoxy) is 1. The summed E-state index contributed by atoms with van der Waals surface area (Å²) in [6, 6.07) is 25.9. The van der Waals surface area contributed by atoms with Crippen LogP contribution in [0.25, 0.3) is 20.8 Å². The molecule has 1 radical (unpaired) electrons. The summed E-state index contributed by atoms with van der Waals surface area (Å²) in [5.74, 6) is 2.23. The summed E-state index contributed by atoms with van der Waals surface area (Å²) in [5, 5.41) is 4.14. The second-order valence-corrected chi connectivity index (χ2v) is 7.94. The van der Waals surface area contributed by atoms with Gasteiger partial charge in [0, 0.05) is 12.7 Å². The van der Waals surface area contributed by atoms with Crippen LogP contribution < -0.4 is 10.1 Å². The second-order valence-electron chi connectivity index (χ2n) is 6.91. The van der Waals surface area contributed by atoms with E-state index >= 15 is 0 Å². The Kier molecular flexibility index (Phi) is 5.54. The fourth-order valence-corrected chi connectivity index (χ4v) is 4.13. The van der Waals surface area contributed by atoms with Gasteiger partial charge < -0.3 is 10.1 Å². The molecule has 5 nitrogen and oxygen atoms in total. The van der Waals surface area contributed by atoms with Gasteiger partial charge in [-0.2, -0.15) is 0 Å². The molecule has 0 spiro atoms. The van der Waals surface area contributed by atoms with Crippen LogP contribution in [0.15, 0.2) is 85.1 Å². The predicted octanol–water partition coefficient (Wildman–Crippen LogP) is 6.00. The molecule has 2 heterocycles. The third-order valence-electron chi connectivity index (χ3n) is 4.74. The highest BCUT2D eigenvalue weighted by molar-refractivity contribution is 7.21.